The predicted octanol–water partition coefficient (Wildman–Crippen LogP) is 3.39. The van der Waals surface area contributed by atoms with E-state index in [0.29, 0.717) is 5.15 Å². The molecule has 1 rings (SSSR count). The summed E-state index contributed by atoms with van der Waals surface area (Å²) in [5.74, 6) is 0. The lowest BCUT2D eigenvalue weighted by Gasteiger charge is -2.03. The van der Waals surface area contributed by atoms with E-state index in [1.54, 1.807) is 0 Å². The van der Waals surface area contributed by atoms with Crippen molar-refractivity contribution in [2.75, 3.05) is 0 Å². The Hall–Kier alpha value is -0.560. The van der Waals surface area contributed by atoms with E-state index in [-0.39, 0.29) is 0 Å². The Labute approximate surface area is 78.8 Å². The van der Waals surface area contributed by atoms with Gasteiger partial charge >= 0.3 is 0 Å². The van der Waals surface area contributed by atoms with Crippen LogP contribution in [-0.2, 0) is 6.42 Å². The van der Waals surface area contributed by atoms with Crippen molar-refractivity contribution >= 4 is 11.6 Å². The molecule has 1 heterocycles. The molecule has 0 atom stereocenters. The number of aromatic nitrogens is 1. The summed E-state index contributed by atoms with van der Waals surface area (Å²) in [7, 11) is 0. The molecule has 1 nitrogen and oxygen atoms in total. The van der Waals surface area contributed by atoms with Crippen LogP contribution in [0.5, 0.6) is 0 Å². The summed E-state index contributed by atoms with van der Waals surface area (Å²) in [6.07, 6.45) is 3.44. The summed E-state index contributed by atoms with van der Waals surface area (Å²) in [5, 5.41) is 0.603. The number of hydrogen-bond acceptors (Lipinski definition) is 1. The highest BCUT2D eigenvalue weighted by molar-refractivity contribution is 6.29. The van der Waals surface area contributed by atoms with Gasteiger partial charge in [0.2, 0.25) is 0 Å². The second-order valence-corrected chi connectivity index (χ2v) is 3.39. The van der Waals surface area contributed by atoms with Crippen LogP contribution in [0.4, 0.5) is 0 Å². The lowest BCUT2D eigenvalue weighted by atomic mass is 10.1. The van der Waals surface area contributed by atoms with Crippen LogP contribution in [0.3, 0.4) is 0 Å². The first-order chi connectivity index (χ1) is 5.74. The van der Waals surface area contributed by atoms with E-state index in [9.17, 15) is 0 Å². The first-order valence-corrected chi connectivity index (χ1v) is 4.74. The maximum absolute atomic E-state index is 5.78. The molecule has 12 heavy (non-hydrogen) atoms. The fourth-order valence-corrected chi connectivity index (χ4v) is 1.31. The maximum Gasteiger partial charge on any atom is 0.129 e. The predicted molar refractivity (Wildman–Crippen MR) is 52.6 cm³/mol. The topological polar surface area (TPSA) is 12.9 Å². The van der Waals surface area contributed by atoms with E-state index in [4.69, 9.17) is 11.6 Å². The maximum atomic E-state index is 5.78. The van der Waals surface area contributed by atoms with Crippen LogP contribution < -0.4 is 0 Å². The van der Waals surface area contributed by atoms with Gasteiger partial charge in [0, 0.05) is 5.69 Å². The molecular weight excluding hydrogens is 170 g/mol. The molecule has 0 spiro atoms. The Kier molecular flexibility index (Phi) is 3.54. The molecular formula is C10H14ClN. The zero-order valence-corrected chi connectivity index (χ0v) is 8.36. The third-order valence-electron chi connectivity index (χ3n) is 1.93. The Morgan fingerprint density at radius 3 is 2.83 bits per heavy atom. The third-order valence-corrected chi connectivity index (χ3v) is 2.15. The van der Waals surface area contributed by atoms with Crippen LogP contribution in [0.15, 0.2) is 12.1 Å². The number of halogens is 1. The second kappa shape index (κ2) is 4.46. The first-order valence-electron chi connectivity index (χ1n) is 4.36. The molecule has 0 unspecified atom stereocenters. The average Bonchev–Trinajstić information content (AvgIpc) is 2.07. The SMILES string of the molecule is CCCCc1nc(Cl)ccc1C. The van der Waals surface area contributed by atoms with Crippen molar-refractivity contribution in [3.63, 3.8) is 0 Å². The van der Waals surface area contributed by atoms with Crippen LogP contribution in [0.1, 0.15) is 31.0 Å². The van der Waals surface area contributed by atoms with Gasteiger partial charge in [-0.05, 0) is 31.4 Å². The highest BCUT2D eigenvalue weighted by Gasteiger charge is 1.99. The minimum atomic E-state index is 0.603. The molecule has 1 aromatic rings. The molecule has 1 aromatic heterocycles. The monoisotopic (exact) mass is 183 g/mol. The highest BCUT2D eigenvalue weighted by atomic mass is 35.5. The van der Waals surface area contributed by atoms with Crippen molar-refractivity contribution in [2.24, 2.45) is 0 Å². The van der Waals surface area contributed by atoms with Gasteiger partial charge in [0.05, 0.1) is 0 Å². The lowest BCUT2D eigenvalue weighted by molar-refractivity contribution is 0.772. The van der Waals surface area contributed by atoms with Crippen molar-refractivity contribution in [1.29, 1.82) is 0 Å². The van der Waals surface area contributed by atoms with Crippen LogP contribution in [-0.4, -0.2) is 4.98 Å². The van der Waals surface area contributed by atoms with Crippen LogP contribution in [0.2, 0.25) is 5.15 Å². The van der Waals surface area contributed by atoms with E-state index in [1.807, 2.05) is 12.1 Å². The number of unbranched alkanes of at least 4 members (excludes halogenated alkanes) is 1. The molecule has 0 bridgehead atoms. The van der Waals surface area contributed by atoms with Crippen molar-refractivity contribution < 1.29 is 0 Å². The van der Waals surface area contributed by atoms with E-state index < -0.39 is 0 Å². The summed E-state index contributed by atoms with van der Waals surface area (Å²) in [5.41, 5.74) is 2.39. The van der Waals surface area contributed by atoms with Crippen molar-refractivity contribution in [2.45, 2.75) is 33.1 Å². The number of nitrogens with zero attached hydrogens (tertiary/aromatic N) is 1. The molecule has 0 aliphatic rings. The molecule has 0 saturated heterocycles. The van der Waals surface area contributed by atoms with Gasteiger partial charge in [-0.3, -0.25) is 0 Å². The van der Waals surface area contributed by atoms with Crippen LogP contribution >= 0.6 is 11.6 Å². The second-order valence-electron chi connectivity index (χ2n) is 3.00. The summed E-state index contributed by atoms with van der Waals surface area (Å²) in [4.78, 5) is 4.28. The zero-order valence-electron chi connectivity index (χ0n) is 7.60. The van der Waals surface area contributed by atoms with Crippen molar-refractivity contribution in [3.8, 4) is 0 Å². The molecule has 0 aromatic carbocycles. The molecule has 0 radical (unpaired) electrons. The summed E-state index contributed by atoms with van der Waals surface area (Å²) >= 11 is 5.78. The first kappa shape index (κ1) is 9.53. The molecule has 2 heteroatoms. The number of hydrogen-bond donors (Lipinski definition) is 0. The largest absolute Gasteiger partial charge is 0.241 e. The Morgan fingerprint density at radius 2 is 2.17 bits per heavy atom. The lowest BCUT2D eigenvalue weighted by Crippen LogP contribution is -1.93. The minimum absolute atomic E-state index is 0.603. The summed E-state index contributed by atoms with van der Waals surface area (Å²) in [6.45, 7) is 4.26. The Morgan fingerprint density at radius 1 is 1.42 bits per heavy atom. The van der Waals surface area contributed by atoms with Gasteiger partial charge in [-0.15, -0.1) is 0 Å². The number of pyridine rings is 1. The quantitative estimate of drug-likeness (QED) is 0.655. The molecule has 0 saturated carbocycles. The molecule has 0 aliphatic carbocycles. The third kappa shape index (κ3) is 2.49. The summed E-state index contributed by atoms with van der Waals surface area (Å²) in [6, 6.07) is 3.87. The van der Waals surface area contributed by atoms with Gasteiger partial charge in [-0.25, -0.2) is 4.98 Å². The standard InChI is InChI=1S/C10H14ClN/c1-3-4-5-9-8(2)6-7-10(11)12-9/h6-7H,3-5H2,1-2H3. The highest BCUT2D eigenvalue weighted by Crippen LogP contribution is 2.12. The fourth-order valence-electron chi connectivity index (χ4n) is 1.14. The minimum Gasteiger partial charge on any atom is -0.241 e. The van der Waals surface area contributed by atoms with Crippen LogP contribution in [0.25, 0.3) is 0 Å². The molecule has 0 N–H and O–H groups in total. The number of aryl methyl sites for hydroxylation is 2. The van der Waals surface area contributed by atoms with Gasteiger partial charge in [0.25, 0.3) is 0 Å². The van der Waals surface area contributed by atoms with Crippen molar-refractivity contribution in [3.05, 3.63) is 28.5 Å². The summed E-state index contributed by atoms with van der Waals surface area (Å²) < 4.78 is 0. The van der Waals surface area contributed by atoms with Gasteiger partial charge in [-0.1, -0.05) is 31.0 Å². The van der Waals surface area contributed by atoms with E-state index in [1.165, 1.54) is 18.4 Å². The van der Waals surface area contributed by atoms with E-state index in [2.05, 4.69) is 18.8 Å². The molecule has 0 fully saturated rings. The molecule has 0 amide bonds. The smallest absolute Gasteiger partial charge is 0.129 e. The van der Waals surface area contributed by atoms with E-state index in [0.717, 1.165) is 12.1 Å². The fraction of sp³-hybridized carbons (Fsp3) is 0.500. The Bertz CT molecular complexity index is 258. The average molecular weight is 184 g/mol. The van der Waals surface area contributed by atoms with Gasteiger partial charge in [-0.2, -0.15) is 0 Å². The van der Waals surface area contributed by atoms with Gasteiger partial charge in [0.15, 0.2) is 0 Å². The number of rotatable bonds is 3. The van der Waals surface area contributed by atoms with Gasteiger partial charge in [0.1, 0.15) is 5.15 Å². The molecule has 0 aliphatic heterocycles. The van der Waals surface area contributed by atoms with E-state index >= 15 is 0 Å². The van der Waals surface area contributed by atoms with Crippen molar-refractivity contribution in [1.82, 2.24) is 4.98 Å². The molecule has 66 valence electrons. The van der Waals surface area contributed by atoms with Crippen LogP contribution in [0, 0.1) is 6.92 Å². The Balaban J connectivity index is 2.75. The normalized spacial score (nSPS) is 10.2. The van der Waals surface area contributed by atoms with Gasteiger partial charge < -0.3 is 0 Å². The zero-order chi connectivity index (χ0) is 8.97.